The Morgan fingerprint density at radius 1 is 0.857 bits per heavy atom. The van der Waals surface area contributed by atoms with Crippen LogP contribution in [0.15, 0.2) is 94.8 Å². The average Bonchev–Trinajstić information content (AvgIpc) is 3.39. The number of hydrogen-bond acceptors (Lipinski definition) is 4. The van der Waals surface area contributed by atoms with Crippen LogP contribution in [0.25, 0.3) is 16.8 Å². The molecule has 1 aliphatic heterocycles. The van der Waals surface area contributed by atoms with Crippen LogP contribution < -0.4 is 10.6 Å². The van der Waals surface area contributed by atoms with E-state index in [1.165, 1.54) is 5.01 Å². The molecule has 2 aromatic heterocycles. The Hall–Kier alpha value is -4.52. The summed E-state index contributed by atoms with van der Waals surface area (Å²) in [7, 11) is 0. The lowest BCUT2D eigenvalue weighted by atomic mass is 9.78. The van der Waals surface area contributed by atoms with Crippen LogP contribution >= 0.6 is 0 Å². The molecule has 0 saturated carbocycles. The molecule has 5 aromatic rings. The smallest absolute Gasteiger partial charge is 0.263 e. The van der Waals surface area contributed by atoms with Crippen molar-refractivity contribution < 1.29 is 4.79 Å². The summed E-state index contributed by atoms with van der Waals surface area (Å²) in [5.74, 6) is -0.810. The van der Waals surface area contributed by atoms with E-state index >= 15 is 0 Å². The minimum Gasteiger partial charge on any atom is -0.329 e. The van der Waals surface area contributed by atoms with Crippen molar-refractivity contribution in [1.82, 2.24) is 14.4 Å². The monoisotopic (exact) mass is 461 g/mol. The highest BCUT2D eigenvalue weighted by molar-refractivity contribution is 6.15. The molecule has 0 fully saturated rings. The van der Waals surface area contributed by atoms with Gasteiger partial charge >= 0.3 is 0 Å². The summed E-state index contributed by atoms with van der Waals surface area (Å²) in [4.78, 5) is 35.9. The Labute approximate surface area is 201 Å². The number of rotatable bonds is 4. The quantitative estimate of drug-likeness (QED) is 0.423. The van der Waals surface area contributed by atoms with Gasteiger partial charge in [-0.2, -0.15) is 5.10 Å². The first-order valence-corrected chi connectivity index (χ1v) is 11.5. The number of aromatic nitrogens is 3. The van der Waals surface area contributed by atoms with Crippen molar-refractivity contribution in [1.29, 1.82) is 0 Å². The number of hydrogen-bond donors (Lipinski definition) is 1. The molecule has 35 heavy (non-hydrogen) atoms. The number of carbonyl (C=O) groups excluding carboxylic acids is 1. The van der Waals surface area contributed by atoms with Gasteiger partial charge < -0.3 is 4.98 Å². The van der Waals surface area contributed by atoms with Crippen molar-refractivity contribution in [3.05, 3.63) is 112 Å². The van der Waals surface area contributed by atoms with E-state index in [0.717, 1.165) is 16.6 Å². The van der Waals surface area contributed by atoms with Gasteiger partial charge in [-0.15, -0.1) is 0 Å². The van der Waals surface area contributed by atoms with Crippen LogP contribution in [0, 0.1) is 12.8 Å². The fourth-order valence-electron chi connectivity index (χ4n) is 5.10. The molecule has 7 heteroatoms. The Bertz CT molecular complexity index is 1670. The summed E-state index contributed by atoms with van der Waals surface area (Å²) in [5, 5.41) is 6.07. The van der Waals surface area contributed by atoms with Crippen molar-refractivity contribution in [3.8, 4) is 0 Å². The number of carbonyl (C=O) groups is 1. The van der Waals surface area contributed by atoms with Crippen LogP contribution in [-0.2, 0) is 4.79 Å². The van der Waals surface area contributed by atoms with Gasteiger partial charge in [0.15, 0.2) is 0 Å². The predicted octanol–water partition coefficient (Wildman–Crippen LogP) is 4.66. The molecule has 0 saturated heterocycles. The third-order valence-corrected chi connectivity index (χ3v) is 6.68. The van der Waals surface area contributed by atoms with Gasteiger partial charge in [0, 0.05) is 22.9 Å². The molecule has 6 rings (SSSR count). The van der Waals surface area contributed by atoms with Crippen molar-refractivity contribution in [2.45, 2.75) is 19.8 Å². The lowest BCUT2D eigenvalue weighted by Crippen LogP contribution is -2.35. The van der Waals surface area contributed by atoms with Crippen molar-refractivity contribution in [3.63, 3.8) is 0 Å². The van der Waals surface area contributed by atoms with Crippen LogP contribution in [0.2, 0.25) is 0 Å². The number of aromatic amines is 1. The van der Waals surface area contributed by atoms with Gasteiger partial charge in [-0.1, -0.05) is 60.7 Å². The summed E-state index contributed by atoms with van der Waals surface area (Å²) in [5.41, 5.74) is 4.75. The van der Waals surface area contributed by atoms with Crippen molar-refractivity contribution in [2.24, 2.45) is 11.0 Å². The maximum atomic E-state index is 14.1. The van der Waals surface area contributed by atoms with E-state index in [-0.39, 0.29) is 11.5 Å². The second-order valence-electron chi connectivity index (χ2n) is 8.82. The Morgan fingerprint density at radius 2 is 1.51 bits per heavy atom. The second kappa shape index (κ2) is 8.06. The number of benzene rings is 3. The number of anilines is 1. The SMILES string of the molecule is CC1=NN(c2ccccc2)C(=O)[C@H]1[C@H](c1ccccc1)c1c(C)[nH]c2nc3ccccc3n2c1=O. The highest BCUT2D eigenvalue weighted by atomic mass is 16.2. The molecule has 0 bridgehead atoms. The van der Waals surface area contributed by atoms with E-state index in [4.69, 9.17) is 0 Å². The largest absolute Gasteiger partial charge is 0.329 e. The molecule has 172 valence electrons. The third kappa shape index (κ3) is 3.27. The van der Waals surface area contributed by atoms with Gasteiger partial charge in [-0.05, 0) is 43.7 Å². The van der Waals surface area contributed by atoms with Crippen LogP contribution in [0.4, 0.5) is 5.69 Å². The number of nitrogens with zero attached hydrogens (tertiary/aromatic N) is 4. The molecule has 1 aliphatic rings. The number of H-pyrrole nitrogens is 1. The van der Waals surface area contributed by atoms with E-state index in [1.807, 2.05) is 98.8 Å². The Kier molecular flexibility index (Phi) is 4.84. The van der Waals surface area contributed by atoms with Crippen LogP contribution in [0.5, 0.6) is 0 Å². The van der Waals surface area contributed by atoms with E-state index in [9.17, 15) is 9.59 Å². The maximum Gasteiger partial charge on any atom is 0.263 e. The number of imidazole rings is 1. The number of aryl methyl sites for hydroxylation is 1. The number of hydrazone groups is 1. The standard InChI is InChI=1S/C28H23N5O2/c1-17-23(26(34)32-22-16-10-9-15-21(22)30-28(32)29-17)25(19-11-5-3-6-12-19)24-18(2)31-33(27(24)35)20-13-7-4-8-14-20/h3-16,24-25H,1-2H3,(H,29,30)/t24-,25-/m1/s1. The molecule has 7 nitrogen and oxygen atoms in total. The molecule has 0 spiro atoms. The normalized spacial score (nSPS) is 16.7. The Morgan fingerprint density at radius 3 is 2.26 bits per heavy atom. The number of amides is 1. The summed E-state index contributed by atoms with van der Waals surface area (Å²) in [6, 6.07) is 26.6. The topological polar surface area (TPSA) is 82.8 Å². The fourth-order valence-corrected chi connectivity index (χ4v) is 5.10. The molecule has 3 aromatic carbocycles. The van der Waals surface area contributed by atoms with Gasteiger partial charge in [0.1, 0.15) is 0 Å². The van der Waals surface area contributed by atoms with Crippen LogP contribution in [-0.4, -0.2) is 26.0 Å². The molecular weight excluding hydrogens is 438 g/mol. The van der Waals surface area contributed by atoms with Gasteiger partial charge in [0.2, 0.25) is 5.78 Å². The van der Waals surface area contributed by atoms with Crippen molar-refractivity contribution >= 4 is 34.1 Å². The molecule has 1 amide bonds. The molecule has 1 N–H and O–H groups in total. The van der Waals surface area contributed by atoms with Gasteiger partial charge in [0.25, 0.3) is 11.5 Å². The summed E-state index contributed by atoms with van der Waals surface area (Å²) < 4.78 is 1.61. The molecule has 3 heterocycles. The number of para-hydroxylation sites is 3. The maximum absolute atomic E-state index is 14.1. The molecule has 0 unspecified atom stereocenters. The zero-order valence-electron chi connectivity index (χ0n) is 19.3. The summed E-state index contributed by atoms with van der Waals surface area (Å²) in [6.07, 6.45) is 0. The number of nitrogens with one attached hydrogen (secondary N) is 1. The first kappa shape index (κ1) is 21.0. The van der Waals surface area contributed by atoms with E-state index in [2.05, 4.69) is 15.1 Å². The van der Waals surface area contributed by atoms with Crippen molar-refractivity contribution in [2.75, 3.05) is 5.01 Å². The average molecular weight is 462 g/mol. The summed E-state index contributed by atoms with van der Waals surface area (Å²) >= 11 is 0. The highest BCUT2D eigenvalue weighted by Crippen LogP contribution is 2.38. The number of fused-ring (bicyclic) bond motifs is 3. The zero-order chi connectivity index (χ0) is 24.1. The first-order chi connectivity index (χ1) is 17.0. The minimum atomic E-state index is -0.621. The van der Waals surface area contributed by atoms with Crippen LogP contribution in [0.3, 0.4) is 0 Å². The lowest BCUT2D eigenvalue weighted by molar-refractivity contribution is -0.120. The highest BCUT2D eigenvalue weighted by Gasteiger charge is 2.43. The lowest BCUT2D eigenvalue weighted by Gasteiger charge is -2.25. The molecular formula is C28H23N5O2. The second-order valence-corrected chi connectivity index (χ2v) is 8.82. The third-order valence-electron chi connectivity index (χ3n) is 6.68. The minimum absolute atomic E-state index is 0.156. The fraction of sp³-hybridized carbons (Fsp3) is 0.143. The molecule has 2 atom stereocenters. The first-order valence-electron chi connectivity index (χ1n) is 11.5. The van der Waals surface area contributed by atoms with Gasteiger partial charge in [0.05, 0.1) is 22.6 Å². The molecule has 0 radical (unpaired) electrons. The molecule has 0 aliphatic carbocycles. The Balaban J connectivity index is 1.59. The van der Waals surface area contributed by atoms with Gasteiger partial charge in [-0.25, -0.2) is 14.4 Å². The van der Waals surface area contributed by atoms with E-state index < -0.39 is 11.8 Å². The van der Waals surface area contributed by atoms with Crippen LogP contribution in [0.1, 0.15) is 29.7 Å². The summed E-state index contributed by atoms with van der Waals surface area (Å²) in [6.45, 7) is 3.73. The van der Waals surface area contributed by atoms with E-state index in [0.29, 0.717) is 28.4 Å². The van der Waals surface area contributed by atoms with Gasteiger partial charge in [-0.3, -0.25) is 9.59 Å². The zero-order valence-corrected chi connectivity index (χ0v) is 19.3. The predicted molar refractivity (Wildman–Crippen MR) is 137 cm³/mol. The van der Waals surface area contributed by atoms with E-state index in [1.54, 1.807) is 4.40 Å².